The fourth-order valence-electron chi connectivity index (χ4n) is 0.444. The summed E-state index contributed by atoms with van der Waals surface area (Å²) in [6, 6.07) is 0. The summed E-state index contributed by atoms with van der Waals surface area (Å²) < 4.78 is 3.50. The van der Waals surface area contributed by atoms with E-state index in [0.717, 1.165) is 26.3 Å². The van der Waals surface area contributed by atoms with E-state index in [1.165, 1.54) is 0 Å². The Kier molecular flexibility index (Phi) is 2.60. The fraction of sp³-hybridized carbons (Fsp3) is 1.00. The zero-order chi connectivity index (χ0) is 5.33. The summed E-state index contributed by atoms with van der Waals surface area (Å²) in [4.78, 5) is 5.20. The zero-order valence-corrected chi connectivity index (χ0v) is 11.0. The average Bonchev–Trinajstić information content (AvgIpc) is 1.84. The van der Waals surface area contributed by atoms with Crippen LogP contribution in [0.1, 0.15) is 0 Å². The first-order chi connectivity index (χ1) is 3.21. The predicted molar refractivity (Wildman–Crippen MR) is 38.6 cm³/mol. The molecule has 7 heavy (non-hydrogen) atoms. The number of rotatable bonds is 0. The van der Waals surface area contributed by atoms with Crippen LogP contribution < -0.4 is 0 Å². The molecule has 1 aliphatic rings. The summed E-state index contributed by atoms with van der Waals surface area (Å²) in [6.45, 7) is 0. The molecule has 0 N–H and O–H groups in total. The second kappa shape index (κ2) is 2.61. The van der Waals surface area contributed by atoms with Gasteiger partial charge >= 0.3 is 61.2 Å². The first-order valence-electron chi connectivity index (χ1n) is 2.45. The third kappa shape index (κ3) is 2.27. The van der Waals surface area contributed by atoms with E-state index in [4.69, 9.17) is 0 Å². The number of hydrogen-bond donors (Lipinski definition) is 0. The zero-order valence-electron chi connectivity index (χ0n) is 4.73. The molecule has 1 heterocycles. The van der Waals surface area contributed by atoms with Crippen molar-refractivity contribution in [1.82, 2.24) is 0 Å². The summed E-state index contributed by atoms with van der Waals surface area (Å²) in [5, 5.41) is 0. The molecule has 0 radical (unpaired) electrons. The molecule has 1 fully saturated rings. The Bertz CT molecular complexity index is 64.1. The van der Waals surface area contributed by atoms with Crippen molar-refractivity contribution >= 4 is 44.6 Å². The van der Waals surface area contributed by atoms with Crippen LogP contribution in [0.3, 0.4) is 0 Å². The van der Waals surface area contributed by atoms with Gasteiger partial charge in [-0.2, -0.15) is 0 Å². The van der Waals surface area contributed by atoms with E-state index in [1.807, 2.05) is 0 Å². The molecule has 0 aromatic carbocycles. The van der Waals surface area contributed by atoms with Crippen molar-refractivity contribution in [3.63, 3.8) is 0 Å². The van der Waals surface area contributed by atoms with Gasteiger partial charge in [-0.05, 0) is 0 Å². The molecule has 0 amide bonds. The second-order valence-electron chi connectivity index (χ2n) is 2.69. The fourth-order valence-corrected chi connectivity index (χ4v) is 80.4. The van der Waals surface area contributed by atoms with Gasteiger partial charge in [0, 0.05) is 0 Å². The molecule has 0 spiro atoms. The van der Waals surface area contributed by atoms with Crippen LogP contribution in [0.2, 0.25) is 16.5 Å². The molecule has 0 aliphatic carbocycles. The normalized spacial score (nSPS) is 28.3. The Morgan fingerprint density at radius 1 is 1.14 bits per heavy atom. The third-order valence-electron chi connectivity index (χ3n) is 0.983. The van der Waals surface area contributed by atoms with Crippen LogP contribution in [0, 0.1) is 0 Å². The van der Waals surface area contributed by atoms with Crippen LogP contribution in [0.25, 0.3) is 0 Å². The molecule has 0 aromatic rings. The SMILES string of the molecule is [CH3][Sn]1([CH3])[CH2][Se][Se][CH2]1. The van der Waals surface area contributed by atoms with Crippen molar-refractivity contribution in [2.45, 2.75) is 16.5 Å². The van der Waals surface area contributed by atoms with E-state index < -0.39 is 18.4 Å². The van der Waals surface area contributed by atoms with Crippen LogP contribution in [0.15, 0.2) is 0 Å². The topological polar surface area (TPSA) is 0 Å². The Morgan fingerprint density at radius 2 is 1.57 bits per heavy atom. The minimum atomic E-state index is -1.12. The van der Waals surface area contributed by atoms with Gasteiger partial charge in [-0.3, -0.25) is 0 Å². The van der Waals surface area contributed by atoms with E-state index in [-0.39, 0.29) is 0 Å². The van der Waals surface area contributed by atoms with Gasteiger partial charge in [0.25, 0.3) is 0 Å². The van der Waals surface area contributed by atoms with E-state index in [1.54, 1.807) is 6.67 Å². The van der Waals surface area contributed by atoms with Gasteiger partial charge in [0.15, 0.2) is 0 Å². The first kappa shape index (κ1) is 6.95. The van der Waals surface area contributed by atoms with Crippen molar-refractivity contribution in [2.75, 3.05) is 0 Å². The standard InChI is InChI=1S/C2H4Se2.2CH3.Sn/c1-3-4-2;;;/h1-2H2;2*1H3;. The molecular formula is C4H10Se2Sn. The van der Waals surface area contributed by atoms with Gasteiger partial charge in [-0.1, -0.05) is 0 Å². The van der Waals surface area contributed by atoms with Crippen LogP contribution in [-0.4, -0.2) is 44.6 Å². The summed E-state index contributed by atoms with van der Waals surface area (Å²) in [6.07, 6.45) is 0. The Labute approximate surface area is 60.6 Å². The van der Waals surface area contributed by atoms with Crippen molar-refractivity contribution in [1.29, 1.82) is 0 Å². The van der Waals surface area contributed by atoms with Crippen molar-refractivity contribution in [3.8, 4) is 0 Å². The van der Waals surface area contributed by atoms with Crippen LogP contribution in [-0.2, 0) is 0 Å². The molecule has 0 saturated carbocycles. The van der Waals surface area contributed by atoms with E-state index in [0.29, 0.717) is 0 Å². The molecule has 42 valence electrons. The molecule has 1 aliphatic heterocycles. The minimum absolute atomic E-state index is 1.12. The van der Waals surface area contributed by atoms with E-state index in [9.17, 15) is 0 Å². The monoisotopic (exact) mass is 338 g/mol. The van der Waals surface area contributed by atoms with Gasteiger partial charge in [0.1, 0.15) is 0 Å². The second-order valence-corrected chi connectivity index (χ2v) is 30.9. The molecule has 0 aromatic heterocycles. The molecule has 1 rings (SSSR count). The maximum atomic E-state index is 2.60. The molecular weight excluding hydrogens is 325 g/mol. The van der Waals surface area contributed by atoms with E-state index >= 15 is 0 Å². The van der Waals surface area contributed by atoms with Gasteiger partial charge in [-0.25, -0.2) is 0 Å². The molecule has 0 nitrogen and oxygen atoms in total. The summed E-state index contributed by atoms with van der Waals surface area (Å²) in [7, 11) is 0. The number of hydrogen-bond acceptors (Lipinski definition) is 0. The Balaban J connectivity index is 2.40. The van der Waals surface area contributed by atoms with Gasteiger partial charge in [0.05, 0.1) is 0 Å². The van der Waals surface area contributed by atoms with Crippen LogP contribution in [0.4, 0.5) is 0 Å². The Hall–Kier alpha value is 1.84. The van der Waals surface area contributed by atoms with Crippen molar-refractivity contribution in [3.05, 3.63) is 0 Å². The van der Waals surface area contributed by atoms with Crippen LogP contribution in [0.5, 0.6) is 0 Å². The maximum absolute atomic E-state index is 2.60. The van der Waals surface area contributed by atoms with Gasteiger partial charge in [-0.15, -0.1) is 0 Å². The van der Waals surface area contributed by atoms with Gasteiger partial charge < -0.3 is 0 Å². The van der Waals surface area contributed by atoms with E-state index in [2.05, 4.69) is 9.88 Å². The molecule has 1 saturated heterocycles. The first-order valence-corrected chi connectivity index (χ1v) is 19.0. The van der Waals surface area contributed by atoms with Crippen molar-refractivity contribution in [2.24, 2.45) is 0 Å². The summed E-state index contributed by atoms with van der Waals surface area (Å²) >= 11 is 1.20. The average molecular weight is 335 g/mol. The molecule has 3 heteroatoms. The molecule has 0 bridgehead atoms. The predicted octanol–water partition coefficient (Wildman–Crippen LogP) is 0.947. The summed E-state index contributed by atoms with van der Waals surface area (Å²) in [5.41, 5.74) is 0. The Morgan fingerprint density at radius 3 is 1.71 bits per heavy atom. The summed E-state index contributed by atoms with van der Waals surface area (Å²) in [5.74, 6) is 0. The molecule has 0 unspecified atom stereocenters. The van der Waals surface area contributed by atoms with Crippen LogP contribution >= 0.6 is 0 Å². The third-order valence-corrected chi connectivity index (χ3v) is 50.8. The van der Waals surface area contributed by atoms with Gasteiger partial charge in [0.2, 0.25) is 0 Å². The van der Waals surface area contributed by atoms with Crippen molar-refractivity contribution < 1.29 is 0 Å². The quantitative estimate of drug-likeness (QED) is 0.579. The molecule has 0 atom stereocenters.